The van der Waals surface area contributed by atoms with E-state index < -0.39 is 5.60 Å². The number of hydrogen-bond acceptors (Lipinski definition) is 5. The minimum atomic E-state index is -0.710. The van der Waals surface area contributed by atoms with Gasteiger partial charge in [0.05, 0.1) is 18.0 Å². The summed E-state index contributed by atoms with van der Waals surface area (Å²) in [6, 6.07) is 8.02. The lowest BCUT2D eigenvalue weighted by Gasteiger charge is -2.40. The van der Waals surface area contributed by atoms with Crippen molar-refractivity contribution in [3.8, 4) is 0 Å². The average Bonchev–Trinajstić information content (AvgIpc) is 3.34. The number of hydrazone groups is 1. The first-order chi connectivity index (χ1) is 13.5. The van der Waals surface area contributed by atoms with Crippen molar-refractivity contribution in [2.75, 3.05) is 20.1 Å². The molecule has 4 rings (SSSR count). The maximum atomic E-state index is 12.8. The molecule has 2 aliphatic heterocycles. The van der Waals surface area contributed by atoms with E-state index in [1.807, 2.05) is 58.2 Å². The second-order valence-electron chi connectivity index (χ2n) is 7.91. The minimum absolute atomic E-state index is 0.0394. The summed E-state index contributed by atoms with van der Waals surface area (Å²) in [5.74, 6) is 0.0394. The first-order valence-corrected chi connectivity index (χ1v) is 9.84. The smallest absolute Gasteiger partial charge is 0.253 e. The Bertz CT molecular complexity index is 823. The molecule has 1 N–H and O–H groups in total. The highest BCUT2D eigenvalue weighted by molar-refractivity contribution is 5.94. The molecular formula is C21H27N5O2. The van der Waals surface area contributed by atoms with E-state index in [0.29, 0.717) is 37.9 Å². The number of carbonyl (C=O) groups is 1. The Labute approximate surface area is 165 Å². The molecule has 0 aliphatic carbocycles. The molecule has 7 nitrogen and oxygen atoms in total. The van der Waals surface area contributed by atoms with E-state index in [9.17, 15) is 9.90 Å². The Balaban J connectivity index is 1.32. The zero-order valence-corrected chi connectivity index (χ0v) is 16.2. The number of piperidine rings is 1. The maximum Gasteiger partial charge on any atom is 0.253 e. The van der Waals surface area contributed by atoms with Gasteiger partial charge in [-0.05, 0) is 37.0 Å². The van der Waals surface area contributed by atoms with Crippen molar-refractivity contribution >= 4 is 12.1 Å². The number of nitrogens with zero attached hydrogens (tertiary/aromatic N) is 5. The fourth-order valence-corrected chi connectivity index (χ4v) is 4.06. The Kier molecular flexibility index (Phi) is 5.17. The third-order valence-corrected chi connectivity index (χ3v) is 5.89. The van der Waals surface area contributed by atoms with Crippen molar-refractivity contribution in [1.82, 2.24) is 19.5 Å². The SMILES string of the molecule is CN1N=CCC1CC1(O)CCN(C(=O)c2ccc(Cn3ccnc3)cc2)CC1. The molecule has 1 aromatic carbocycles. The van der Waals surface area contributed by atoms with Crippen molar-refractivity contribution in [1.29, 1.82) is 0 Å². The van der Waals surface area contributed by atoms with Gasteiger partial charge in [-0.3, -0.25) is 9.80 Å². The average molecular weight is 381 g/mol. The van der Waals surface area contributed by atoms with E-state index in [4.69, 9.17) is 0 Å². The number of amides is 1. The molecule has 1 aromatic heterocycles. The number of carbonyl (C=O) groups excluding carboxylic acids is 1. The summed E-state index contributed by atoms with van der Waals surface area (Å²) in [5, 5.41) is 17.1. The van der Waals surface area contributed by atoms with Gasteiger partial charge in [0, 0.05) is 57.3 Å². The van der Waals surface area contributed by atoms with Crippen LogP contribution >= 0.6 is 0 Å². The van der Waals surface area contributed by atoms with Gasteiger partial charge in [0.2, 0.25) is 0 Å². The van der Waals surface area contributed by atoms with Crippen LogP contribution in [0.1, 0.15) is 41.6 Å². The number of aliphatic hydroxyl groups is 1. The van der Waals surface area contributed by atoms with Crippen LogP contribution in [0.3, 0.4) is 0 Å². The van der Waals surface area contributed by atoms with Crippen molar-refractivity contribution in [2.45, 2.75) is 43.9 Å². The lowest BCUT2D eigenvalue weighted by atomic mass is 9.84. The van der Waals surface area contributed by atoms with Crippen LogP contribution in [0, 0.1) is 0 Å². The van der Waals surface area contributed by atoms with E-state index >= 15 is 0 Å². The van der Waals surface area contributed by atoms with Gasteiger partial charge in [-0.2, -0.15) is 5.10 Å². The van der Waals surface area contributed by atoms with Crippen LogP contribution in [-0.2, 0) is 6.54 Å². The summed E-state index contributed by atoms with van der Waals surface area (Å²) in [4.78, 5) is 18.7. The highest BCUT2D eigenvalue weighted by Crippen LogP contribution is 2.30. The van der Waals surface area contributed by atoms with E-state index in [2.05, 4.69) is 10.1 Å². The van der Waals surface area contributed by atoms with Gasteiger partial charge in [-0.25, -0.2) is 4.98 Å². The van der Waals surface area contributed by atoms with Crippen LogP contribution < -0.4 is 0 Å². The van der Waals surface area contributed by atoms with Crippen molar-refractivity contribution < 1.29 is 9.90 Å². The number of likely N-dealkylation sites (tertiary alicyclic amines) is 1. The van der Waals surface area contributed by atoms with Crippen LogP contribution in [0.5, 0.6) is 0 Å². The molecule has 1 amide bonds. The van der Waals surface area contributed by atoms with Gasteiger partial charge < -0.3 is 14.6 Å². The predicted octanol–water partition coefficient (Wildman–Crippen LogP) is 1.98. The number of imidazole rings is 1. The Hall–Kier alpha value is -2.67. The van der Waals surface area contributed by atoms with Crippen LogP contribution in [-0.4, -0.2) is 68.5 Å². The molecule has 7 heteroatoms. The molecular weight excluding hydrogens is 354 g/mol. The van der Waals surface area contributed by atoms with Gasteiger partial charge in [0.1, 0.15) is 0 Å². The molecule has 148 valence electrons. The van der Waals surface area contributed by atoms with Gasteiger partial charge in [-0.15, -0.1) is 0 Å². The number of hydrogen-bond donors (Lipinski definition) is 1. The monoisotopic (exact) mass is 381 g/mol. The zero-order valence-electron chi connectivity index (χ0n) is 16.2. The standard InChI is InChI=1S/C21H27N5O2/c1-24-19(6-9-23-24)14-21(28)7-11-26(12-8-21)20(27)18-4-2-17(3-5-18)15-25-13-10-22-16-25/h2-5,9-10,13,16,19,28H,6-8,11-12,14-15H2,1H3. The second-order valence-corrected chi connectivity index (χ2v) is 7.91. The molecule has 0 radical (unpaired) electrons. The fourth-order valence-electron chi connectivity index (χ4n) is 4.06. The normalized spacial score (nSPS) is 21.3. The second kappa shape index (κ2) is 7.75. The summed E-state index contributed by atoms with van der Waals surface area (Å²) in [6.07, 6.45) is 10.2. The van der Waals surface area contributed by atoms with Gasteiger partial charge in [0.15, 0.2) is 0 Å². The molecule has 0 bridgehead atoms. The highest BCUT2D eigenvalue weighted by Gasteiger charge is 2.37. The van der Waals surface area contributed by atoms with Crippen LogP contribution in [0.25, 0.3) is 0 Å². The molecule has 0 saturated carbocycles. The topological polar surface area (TPSA) is 74.0 Å². The van der Waals surface area contributed by atoms with E-state index in [1.165, 1.54) is 0 Å². The minimum Gasteiger partial charge on any atom is -0.390 e. The number of benzene rings is 1. The molecule has 1 atom stereocenters. The molecule has 1 saturated heterocycles. The molecule has 2 aromatic rings. The third-order valence-electron chi connectivity index (χ3n) is 5.89. The Morgan fingerprint density at radius 3 is 2.61 bits per heavy atom. The van der Waals surface area contributed by atoms with E-state index in [-0.39, 0.29) is 11.9 Å². The predicted molar refractivity (Wildman–Crippen MR) is 107 cm³/mol. The van der Waals surface area contributed by atoms with Crippen molar-refractivity contribution in [3.63, 3.8) is 0 Å². The van der Waals surface area contributed by atoms with Gasteiger partial charge in [0.25, 0.3) is 5.91 Å². The fraction of sp³-hybridized carbons (Fsp3) is 0.476. The Morgan fingerprint density at radius 2 is 2.00 bits per heavy atom. The van der Waals surface area contributed by atoms with Crippen molar-refractivity contribution in [3.05, 3.63) is 54.1 Å². The summed E-state index contributed by atoms with van der Waals surface area (Å²) in [6.45, 7) is 1.91. The van der Waals surface area contributed by atoms with Crippen molar-refractivity contribution in [2.24, 2.45) is 5.10 Å². The molecule has 0 spiro atoms. The van der Waals surface area contributed by atoms with E-state index in [0.717, 1.165) is 18.5 Å². The largest absolute Gasteiger partial charge is 0.390 e. The lowest BCUT2D eigenvalue weighted by molar-refractivity contribution is -0.0368. The first-order valence-electron chi connectivity index (χ1n) is 9.84. The molecule has 3 heterocycles. The third kappa shape index (κ3) is 4.09. The zero-order chi connectivity index (χ0) is 19.6. The summed E-state index contributed by atoms with van der Waals surface area (Å²) >= 11 is 0. The molecule has 28 heavy (non-hydrogen) atoms. The van der Waals surface area contributed by atoms with E-state index in [1.54, 1.807) is 12.5 Å². The summed E-state index contributed by atoms with van der Waals surface area (Å²) in [7, 11) is 1.95. The number of aromatic nitrogens is 2. The molecule has 1 fully saturated rings. The van der Waals surface area contributed by atoms with Gasteiger partial charge in [-0.1, -0.05) is 12.1 Å². The maximum absolute atomic E-state index is 12.8. The quantitative estimate of drug-likeness (QED) is 0.859. The van der Waals surface area contributed by atoms with Crippen LogP contribution in [0.15, 0.2) is 48.1 Å². The molecule has 1 unspecified atom stereocenters. The lowest BCUT2D eigenvalue weighted by Crippen LogP contribution is -2.49. The summed E-state index contributed by atoms with van der Waals surface area (Å²) in [5.41, 5.74) is 1.12. The van der Waals surface area contributed by atoms with Crippen LogP contribution in [0.4, 0.5) is 0 Å². The van der Waals surface area contributed by atoms with Gasteiger partial charge >= 0.3 is 0 Å². The molecule has 2 aliphatic rings. The summed E-state index contributed by atoms with van der Waals surface area (Å²) < 4.78 is 2.00. The highest BCUT2D eigenvalue weighted by atomic mass is 16.3. The number of rotatable bonds is 5. The Morgan fingerprint density at radius 1 is 1.25 bits per heavy atom. The first kappa shape index (κ1) is 18.7. The van der Waals surface area contributed by atoms with Crippen LogP contribution in [0.2, 0.25) is 0 Å².